The van der Waals surface area contributed by atoms with Crippen LogP contribution >= 0.6 is 23.4 Å². The van der Waals surface area contributed by atoms with E-state index in [9.17, 15) is 14.9 Å². The van der Waals surface area contributed by atoms with Crippen molar-refractivity contribution in [3.8, 4) is 6.07 Å². The van der Waals surface area contributed by atoms with Gasteiger partial charge in [-0.2, -0.15) is 5.26 Å². The minimum atomic E-state index is -1.10. The third-order valence-corrected chi connectivity index (χ3v) is 4.40. The van der Waals surface area contributed by atoms with Crippen LogP contribution in [0.4, 0.5) is 0 Å². The van der Waals surface area contributed by atoms with Crippen LogP contribution in [0.15, 0.2) is 34.9 Å². The summed E-state index contributed by atoms with van der Waals surface area (Å²) in [6, 6.07) is 8.83. The van der Waals surface area contributed by atoms with Crippen LogP contribution in [0.5, 0.6) is 0 Å². The van der Waals surface area contributed by atoms with E-state index in [4.69, 9.17) is 16.3 Å². The van der Waals surface area contributed by atoms with E-state index in [-0.39, 0.29) is 0 Å². The van der Waals surface area contributed by atoms with E-state index in [1.165, 1.54) is 18.9 Å². The molecule has 2 atom stereocenters. The predicted octanol–water partition coefficient (Wildman–Crippen LogP) is 2.44. The molecule has 5 nitrogen and oxygen atoms in total. The van der Waals surface area contributed by atoms with Gasteiger partial charge in [0.05, 0.1) is 23.8 Å². The molecule has 1 N–H and O–H groups in total. The van der Waals surface area contributed by atoms with Gasteiger partial charge in [0.2, 0.25) is 5.91 Å². The van der Waals surface area contributed by atoms with Crippen molar-refractivity contribution in [3.63, 3.8) is 0 Å². The van der Waals surface area contributed by atoms with Crippen molar-refractivity contribution >= 4 is 35.2 Å². The smallest absolute Gasteiger partial charge is 0.319 e. The monoisotopic (exact) mass is 336 g/mol. The molecule has 1 aliphatic heterocycles. The fraction of sp³-hybridized carbons (Fsp3) is 0.267. The highest BCUT2D eigenvalue weighted by Gasteiger charge is 2.44. The second-order valence-corrected chi connectivity index (χ2v) is 5.83. The van der Waals surface area contributed by atoms with Gasteiger partial charge in [-0.3, -0.25) is 9.59 Å². The summed E-state index contributed by atoms with van der Waals surface area (Å²) in [5.41, 5.74) is 1.00. The normalized spacial score (nSPS) is 21.1. The molecule has 22 heavy (non-hydrogen) atoms. The first kappa shape index (κ1) is 16.4. The van der Waals surface area contributed by atoms with Gasteiger partial charge in [-0.05, 0) is 24.0 Å². The first-order valence-electron chi connectivity index (χ1n) is 6.35. The number of ether oxygens (including phenoxy) is 1. The number of nitrogens with zero attached hydrogens (tertiary/aromatic N) is 1. The van der Waals surface area contributed by atoms with Crippen LogP contribution in [0.2, 0.25) is 5.02 Å². The summed E-state index contributed by atoms with van der Waals surface area (Å²) in [4.78, 5) is 24.3. The number of rotatable bonds is 3. The Kier molecular flexibility index (Phi) is 5.11. The second kappa shape index (κ2) is 6.86. The molecule has 1 amide bonds. The molecular weight excluding hydrogens is 324 g/mol. The van der Waals surface area contributed by atoms with Crippen LogP contribution in [0.25, 0.3) is 0 Å². The van der Waals surface area contributed by atoms with Crippen molar-refractivity contribution in [2.24, 2.45) is 5.92 Å². The molecule has 0 spiro atoms. The maximum absolute atomic E-state index is 12.3. The van der Waals surface area contributed by atoms with E-state index < -0.39 is 23.7 Å². The number of nitrogens with one attached hydrogen (secondary N) is 1. The van der Waals surface area contributed by atoms with Crippen LogP contribution in [-0.4, -0.2) is 25.2 Å². The molecule has 0 radical (unpaired) electrons. The van der Waals surface area contributed by atoms with Crippen LogP contribution < -0.4 is 5.32 Å². The van der Waals surface area contributed by atoms with Gasteiger partial charge < -0.3 is 10.1 Å². The molecule has 1 aromatic rings. The summed E-state index contributed by atoms with van der Waals surface area (Å²) in [6.07, 6.45) is 1.75. The Morgan fingerprint density at radius 3 is 2.55 bits per heavy atom. The maximum atomic E-state index is 12.3. The summed E-state index contributed by atoms with van der Waals surface area (Å²) in [7, 11) is 1.22. The molecule has 1 aromatic carbocycles. The number of carbonyl (C=O) groups excluding carboxylic acids is 2. The quantitative estimate of drug-likeness (QED) is 0.677. The number of hydrogen-bond donors (Lipinski definition) is 1. The molecule has 0 unspecified atom stereocenters. The summed E-state index contributed by atoms with van der Waals surface area (Å²) >= 11 is 7.13. The lowest BCUT2D eigenvalue weighted by atomic mass is 9.78. The third-order valence-electron chi connectivity index (χ3n) is 3.42. The molecule has 0 bridgehead atoms. The standard InChI is InChI=1S/C15H13ClN2O3S/c1-21-15(20)12-11(8-3-5-9(16)6-4-8)10(7-17)14(22-2)18-13(12)19/h3-6,11-12H,1-2H3,(H,18,19)/t11-,12+/m1/s1. The summed E-state index contributed by atoms with van der Waals surface area (Å²) < 4.78 is 4.73. The number of methoxy groups -OCH3 is 1. The summed E-state index contributed by atoms with van der Waals surface area (Å²) in [5, 5.41) is 13.1. The molecule has 0 saturated carbocycles. The van der Waals surface area contributed by atoms with E-state index in [2.05, 4.69) is 11.4 Å². The van der Waals surface area contributed by atoms with E-state index in [1.54, 1.807) is 30.5 Å². The van der Waals surface area contributed by atoms with Gasteiger partial charge in [0.15, 0.2) is 0 Å². The van der Waals surface area contributed by atoms with Gasteiger partial charge in [0.1, 0.15) is 5.92 Å². The Morgan fingerprint density at radius 2 is 2.05 bits per heavy atom. The third kappa shape index (κ3) is 2.96. The minimum Gasteiger partial charge on any atom is -0.468 e. The number of carbonyl (C=O) groups is 2. The van der Waals surface area contributed by atoms with Gasteiger partial charge in [-0.1, -0.05) is 23.7 Å². The van der Waals surface area contributed by atoms with Crippen molar-refractivity contribution < 1.29 is 14.3 Å². The zero-order valence-electron chi connectivity index (χ0n) is 11.9. The van der Waals surface area contributed by atoms with Gasteiger partial charge in [-0.25, -0.2) is 0 Å². The fourth-order valence-electron chi connectivity index (χ4n) is 2.40. The lowest BCUT2D eigenvalue weighted by Gasteiger charge is -2.30. The number of thioether (sulfide) groups is 1. The molecule has 0 fully saturated rings. The number of amides is 1. The topological polar surface area (TPSA) is 79.2 Å². The summed E-state index contributed by atoms with van der Waals surface area (Å²) in [5.74, 6) is -2.94. The Hall–Kier alpha value is -1.97. The van der Waals surface area contributed by atoms with Gasteiger partial charge in [0, 0.05) is 10.9 Å². The van der Waals surface area contributed by atoms with E-state index >= 15 is 0 Å². The largest absolute Gasteiger partial charge is 0.468 e. The van der Waals surface area contributed by atoms with Crippen molar-refractivity contribution in [1.29, 1.82) is 5.26 Å². The van der Waals surface area contributed by atoms with Gasteiger partial charge >= 0.3 is 5.97 Å². The van der Waals surface area contributed by atoms with E-state index in [0.717, 1.165) is 0 Å². The first-order valence-corrected chi connectivity index (χ1v) is 7.96. The summed E-state index contributed by atoms with van der Waals surface area (Å²) in [6.45, 7) is 0. The second-order valence-electron chi connectivity index (χ2n) is 4.58. The van der Waals surface area contributed by atoms with Gasteiger partial charge in [-0.15, -0.1) is 11.8 Å². The van der Waals surface area contributed by atoms with Crippen LogP contribution in [-0.2, 0) is 14.3 Å². The van der Waals surface area contributed by atoms with Crippen molar-refractivity contribution in [2.75, 3.05) is 13.4 Å². The lowest BCUT2D eigenvalue weighted by Crippen LogP contribution is -2.44. The molecular formula is C15H13ClN2O3S. The van der Waals surface area contributed by atoms with E-state index in [1.807, 2.05) is 0 Å². The molecule has 0 aromatic heterocycles. The van der Waals surface area contributed by atoms with Crippen molar-refractivity contribution in [1.82, 2.24) is 5.32 Å². The predicted molar refractivity (Wildman–Crippen MR) is 84.0 cm³/mol. The maximum Gasteiger partial charge on any atom is 0.319 e. The average molecular weight is 337 g/mol. The highest BCUT2D eigenvalue weighted by atomic mass is 35.5. The first-order chi connectivity index (χ1) is 10.5. The Morgan fingerprint density at radius 1 is 1.41 bits per heavy atom. The number of esters is 1. The average Bonchev–Trinajstić information content (AvgIpc) is 2.53. The molecule has 1 aliphatic rings. The fourth-order valence-corrected chi connectivity index (χ4v) is 3.12. The SMILES string of the molecule is COC(=O)[C@@H]1C(=O)NC(SC)=C(C#N)[C@H]1c1ccc(Cl)cc1. The van der Waals surface area contributed by atoms with Crippen LogP contribution in [0.3, 0.4) is 0 Å². The van der Waals surface area contributed by atoms with Gasteiger partial charge in [0.25, 0.3) is 0 Å². The van der Waals surface area contributed by atoms with Crippen molar-refractivity contribution in [2.45, 2.75) is 5.92 Å². The number of allylic oxidation sites excluding steroid dienone is 1. The highest BCUT2D eigenvalue weighted by Crippen LogP contribution is 2.39. The molecule has 114 valence electrons. The lowest BCUT2D eigenvalue weighted by molar-refractivity contribution is -0.150. The van der Waals surface area contributed by atoms with Crippen LogP contribution in [0, 0.1) is 17.2 Å². The number of hydrogen-bond acceptors (Lipinski definition) is 5. The molecule has 0 saturated heterocycles. The highest BCUT2D eigenvalue weighted by molar-refractivity contribution is 8.02. The van der Waals surface area contributed by atoms with Crippen molar-refractivity contribution in [3.05, 3.63) is 45.5 Å². The molecule has 1 heterocycles. The van der Waals surface area contributed by atoms with Crippen LogP contribution in [0.1, 0.15) is 11.5 Å². The zero-order valence-corrected chi connectivity index (χ0v) is 13.5. The molecule has 7 heteroatoms. The number of halogens is 1. The minimum absolute atomic E-state index is 0.338. The van der Waals surface area contributed by atoms with E-state index in [0.29, 0.717) is 21.2 Å². The Labute approximate surface area is 137 Å². The Bertz CT molecular complexity index is 679. The molecule has 2 rings (SSSR count). The zero-order chi connectivity index (χ0) is 16.3. The number of nitriles is 1. The Balaban J connectivity index is 2.62. The molecule has 0 aliphatic carbocycles. The number of benzene rings is 1.